The van der Waals surface area contributed by atoms with Gasteiger partial charge in [0.15, 0.2) is 11.6 Å². The van der Waals surface area contributed by atoms with Gasteiger partial charge in [-0.05, 0) is 42.7 Å². The number of allylic oxidation sites excluding steroid dienone is 5. The summed E-state index contributed by atoms with van der Waals surface area (Å²) in [6.07, 6.45) is 5.51. The Kier molecular flexibility index (Phi) is 4.02. The van der Waals surface area contributed by atoms with Crippen molar-refractivity contribution in [3.63, 3.8) is 0 Å². The number of hydrogen-bond donors (Lipinski definition) is 1. The molecule has 0 spiro atoms. The molecule has 0 unspecified atom stereocenters. The minimum absolute atomic E-state index is 0.0280. The van der Waals surface area contributed by atoms with Gasteiger partial charge >= 0.3 is 0 Å². The second-order valence-corrected chi connectivity index (χ2v) is 7.23. The van der Waals surface area contributed by atoms with E-state index in [2.05, 4.69) is 22.5 Å². The van der Waals surface area contributed by atoms with Crippen LogP contribution in [0.4, 0.5) is 0 Å². The average molecular weight is 377 g/mol. The molecule has 0 amide bonds. The standard InChI is InChI=1S/C18H17BrO4/c1-3-11-4-6-13-17(22)10(2)8-15(21)18(13,19)16(11)14-7-5-12(9-20)23-14/h3-5,7-8,13,16,20H,1,6,9H2,2H3/t13-,16+,18+/m0/s1. The molecule has 1 aromatic rings. The van der Waals surface area contributed by atoms with Crippen molar-refractivity contribution in [1.29, 1.82) is 0 Å². The molecule has 1 N–H and O–H groups in total. The maximum absolute atomic E-state index is 12.8. The minimum Gasteiger partial charge on any atom is -0.463 e. The molecule has 4 nitrogen and oxygen atoms in total. The molecule has 0 bridgehead atoms. The number of Topliss-reactive ketones (excluding diaryl/α,β-unsaturated/α-hetero) is 1. The molecule has 3 rings (SSSR count). The summed E-state index contributed by atoms with van der Waals surface area (Å²) in [6.45, 7) is 5.28. The average Bonchev–Trinajstić information content (AvgIpc) is 3.00. The van der Waals surface area contributed by atoms with Crippen LogP contribution in [0.15, 0.2) is 52.5 Å². The first-order valence-electron chi connectivity index (χ1n) is 7.41. The smallest absolute Gasteiger partial charge is 0.174 e. The lowest BCUT2D eigenvalue weighted by atomic mass is 9.64. The molecule has 0 saturated carbocycles. The van der Waals surface area contributed by atoms with Gasteiger partial charge < -0.3 is 9.52 Å². The maximum atomic E-state index is 12.8. The van der Waals surface area contributed by atoms with Gasteiger partial charge in [-0.3, -0.25) is 9.59 Å². The molecule has 0 aliphatic heterocycles. The van der Waals surface area contributed by atoms with E-state index in [1.807, 2.05) is 6.08 Å². The van der Waals surface area contributed by atoms with Crippen LogP contribution in [0.1, 0.15) is 30.8 Å². The Morgan fingerprint density at radius 3 is 2.83 bits per heavy atom. The topological polar surface area (TPSA) is 67.5 Å². The largest absolute Gasteiger partial charge is 0.463 e. The van der Waals surface area contributed by atoms with Gasteiger partial charge in [-0.1, -0.05) is 34.7 Å². The Labute approximate surface area is 142 Å². The number of rotatable bonds is 3. The van der Waals surface area contributed by atoms with Gasteiger partial charge in [0.2, 0.25) is 0 Å². The number of carbonyl (C=O) groups excluding carboxylic acids is 2. The Morgan fingerprint density at radius 1 is 1.48 bits per heavy atom. The fraction of sp³-hybridized carbons (Fsp3) is 0.333. The number of hydrogen-bond acceptors (Lipinski definition) is 4. The van der Waals surface area contributed by atoms with E-state index in [9.17, 15) is 14.7 Å². The Hall–Kier alpha value is -1.72. The van der Waals surface area contributed by atoms with E-state index in [1.165, 1.54) is 6.08 Å². The summed E-state index contributed by atoms with van der Waals surface area (Å²) in [6, 6.07) is 3.41. The van der Waals surface area contributed by atoms with Gasteiger partial charge in [-0.2, -0.15) is 0 Å². The molecular formula is C18H17BrO4. The Bertz CT molecular complexity index is 755. The highest BCUT2D eigenvalue weighted by Crippen LogP contribution is 2.54. The zero-order chi connectivity index (χ0) is 16.8. The van der Waals surface area contributed by atoms with E-state index in [1.54, 1.807) is 25.1 Å². The van der Waals surface area contributed by atoms with Gasteiger partial charge in [0.1, 0.15) is 22.5 Å². The van der Waals surface area contributed by atoms with Crippen LogP contribution in [-0.2, 0) is 16.2 Å². The van der Waals surface area contributed by atoms with Crippen LogP contribution < -0.4 is 0 Å². The van der Waals surface area contributed by atoms with E-state index in [0.29, 0.717) is 23.5 Å². The first-order valence-corrected chi connectivity index (χ1v) is 8.20. The third kappa shape index (κ3) is 2.30. The Morgan fingerprint density at radius 2 is 2.22 bits per heavy atom. The normalized spacial score (nSPS) is 30.6. The number of alkyl halides is 1. The van der Waals surface area contributed by atoms with Gasteiger partial charge in [-0.15, -0.1) is 0 Å². The molecule has 1 aromatic heterocycles. The number of aliphatic hydroxyl groups is 1. The predicted molar refractivity (Wildman–Crippen MR) is 89.2 cm³/mol. The van der Waals surface area contributed by atoms with E-state index >= 15 is 0 Å². The van der Waals surface area contributed by atoms with Crippen molar-refractivity contribution < 1.29 is 19.1 Å². The SMILES string of the molecule is C=CC1=CC[C@H]2C(=O)C(C)=CC(=O)[C@@]2(Br)[C@H]1c1ccc(CO)o1. The molecule has 0 radical (unpaired) electrons. The molecule has 120 valence electrons. The van der Waals surface area contributed by atoms with Crippen molar-refractivity contribution in [3.05, 3.63) is 59.6 Å². The van der Waals surface area contributed by atoms with E-state index < -0.39 is 16.2 Å². The monoisotopic (exact) mass is 376 g/mol. The molecule has 5 heteroatoms. The van der Waals surface area contributed by atoms with Crippen LogP contribution in [0.25, 0.3) is 0 Å². The number of ketones is 2. The number of halogens is 1. The van der Waals surface area contributed by atoms with Crippen LogP contribution in [0.2, 0.25) is 0 Å². The Balaban J connectivity index is 2.19. The predicted octanol–water partition coefficient (Wildman–Crippen LogP) is 3.22. The third-order valence-corrected chi connectivity index (χ3v) is 6.04. The fourth-order valence-corrected chi connectivity index (χ4v) is 4.46. The van der Waals surface area contributed by atoms with Crippen LogP contribution >= 0.6 is 15.9 Å². The summed E-state index contributed by atoms with van der Waals surface area (Å²) in [5.74, 6) is -0.145. The highest BCUT2D eigenvalue weighted by Gasteiger charge is 2.57. The lowest BCUT2D eigenvalue weighted by Gasteiger charge is -2.44. The van der Waals surface area contributed by atoms with E-state index in [0.717, 1.165) is 5.57 Å². The van der Waals surface area contributed by atoms with Crippen molar-refractivity contribution in [2.75, 3.05) is 0 Å². The van der Waals surface area contributed by atoms with Gasteiger partial charge in [-0.25, -0.2) is 0 Å². The zero-order valence-electron chi connectivity index (χ0n) is 12.7. The van der Waals surface area contributed by atoms with E-state index in [4.69, 9.17) is 4.42 Å². The van der Waals surface area contributed by atoms with Crippen LogP contribution in [0, 0.1) is 5.92 Å². The summed E-state index contributed by atoms with van der Waals surface area (Å²) in [4.78, 5) is 25.4. The maximum Gasteiger partial charge on any atom is 0.174 e. The third-order valence-electron chi connectivity index (χ3n) is 4.64. The second kappa shape index (κ2) is 5.73. The summed E-state index contributed by atoms with van der Waals surface area (Å²) in [5, 5.41) is 9.23. The molecule has 0 fully saturated rings. The van der Waals surface area contributed by atoms with Crippen molar-refractivity contribution in [2.45, 2.75) is 30.2 Å². The van der Waals surface area contributed by atoms with Crippen LogP contribution in [0.5, 0.6) is 0 Å². The zero-order valence-corrected chi connectivity index (χ0v) is 14.3. The highest BCUT2D eigenvalue weighted by atomic mass is 79.9. The first kappa shape index (κ1) is 16.1. The van der Waals surface area contributed by atoms with Gasteiger partial charge in [0.05, 0.1) is 5.92 Å². The van der Waals surface area contributed by atoms with Crippen molar-refractivity contribution in [2.24, 2.45) is 5.92 Å². The molecule has 0 aromatic carbocycles. The molecule has 2 aliphatic rings. The second-order valence-electron chi connectivity index (χ2n) is 5.92. The van der Waals surface area contributed by atoms with Crippen molar-refractivity contribution in [3.8, 4) is 0 Å². The lowest BCUT2D eigenvalue weighted by Crippen LogP contribution is -2.52. The number of aliphatic hydroxyl groups excluding tert-OH is 1. The van der Waals surface area contributed by atoms with Gasteiger partial charge in [0.25, 0.3) is 0 Å². The molecule has 2 aliphatic carbocycles. The first-order chi connectivity index (χ1) is 10.9. The minimum atomic E-state index is -1.08. The van der Waals surface area contributed by atoms with Crippen molar-refractivity contribution in [1.82, 2.24) is 0 Å². The molecule has 1 heterocycles. The van der Waals surface area contributed by atoms with Gasteiger partial charge in [0, 0.05) is 5.92 Å². The summed E-state index contributed by atoms with van der Waals surface area (Å²) in [5.41, 5.74) is 1.32. The fourth-order valence-electron chi connectivity index (χ4n) is 3.46. The lowest BCUT2D eigenvalue weighted by molar-refractivity contribution is -0.128. The van der Waals surface area contributed by atoms with Crippen LogP contribution in [-0.4, -0.2) is 21.0 Å². The van der Waals surface area contributed by atoms with Crippen LogP contribution in [0.3, 0.4) is 0 Å². The number of carbonyl (C=O) groups is 2. The summed E-state index contributed by atoms with van der Waals surface area (Å²) < 4.78 is 4.60. The molecule has 0 saturated heterocycles. The number of furan rings is 1. The number of fused-ring (bicyclic) bond motifs is 1. The summed E-state index contributed by atoms with van der Waals surface area (Å²) >= 11 is 3.60. The van der Waals surface area contributed by atoms with Crippen molar-refractivity contribution >= 4 is 27.5 Å². The molecular weight excluding hydrogens is 360 g/mol. The highest BCUT2D eigenvalue weighted by molar-refractivity contribution is 9.10. The summed E-state index contributed by atoms with van der Waals surface area (Å²) in [7, 11) is 0. The molecule has 3 atom stereocenters. The van der Waals surface area contributed by atoms with E-state index in [-0.39, 0.29) is 18.2 Å². The molecule has 23 heavy (non-hydrogen) atoms. The quantitative estimate of drug-likeness (QED) is 0.822.